The van der Waals surface area contributed by atoms with Gasteiger partial charge in [-0.15, -0.1) is 0 Å². The fourth-order valence-electron chi connectivity index (χ4n) is 3.39. The first-order valence-corrected chi connectivity index (χ1v) is 9.66. The van der Waals surface area contributed by atoms with Gasteiger partial charge in [-0.2, -0.15) is 0 Å². The fourth-order valence-corrected chi connectivity index (χ4v) is 3.39. The van der Waals surface area contributed by atoms with Crippen LogP contribution in [0.25, 0.3) is 0 Å². The van der Waals surface area contributed by atoms with E-state index in [2.05, 4.69) is 9.97 Å². The summed E-state index contributed by atoms with van der Waals surface area (Å²) in [6, 6.07) is 7.83. The van der Waals surface area contributed by atoms with Crippen molar-refractivity contribution in [2.24, 2.45) is 5.92 Å². The van der Waals surface area contributed by atoms with E-state index in [0.717, 1.165) is 0 Å². The summed E-state index contributed by atoms with van der Waals surface area (Å²) in [6.45, 7) is 3.13. The molecule has 154 valence electrons. The first-order valence-electron chi connectivity index (χ1n) is 9.66. The van der Waals surface area contributed by atoms with Gasteiger partial charge in [0.1, 0.15) is 5.82 Å². The highest BCUT2D eigenvalue weighted by Gasteiger charge is 2.30. The van der Waals surface area contributed by atoms with E-state index >= 15 is 0 Å². The number of anilines is 1. The number of likely N-dealkylation sites (N-methyl/N-ethyl adjacent to an activating group) is 1. The Hall–Kier alpha value is -3.03. The molecule has 0 saturated carbocycles. The van der Waals surface area contributed by atoms with Gasteiger partial charge in [0.15, 0.2) is 6.10 Å². The van der Waals surface area contributed by atoms with Crippen LogP contribution in [0.1, 0.15) is 25.3 Å². The Labute approximate surface area is 169 Å². The van der Waals surface area contributed by atoms with Crippen LogP contribution in [0.3, 0.4) is 0 Å². The monoisotopic (exact) mass is 400 g/mol. The number of esters is 1. The average Bonchev–Trinajstić information content (AvgIpc) is 2.74. The Morgan fingerprint density at radius 2 is 1.93 bits per heavy atom. The summed E-state index contributed by atoms with van der Waals surface area (Å²) in [5, 5.41) is 0. The number of aromatic nitrogens is 2. The average molecular weight is 400 g/mol. The molecule has 1 unspecified atom stereocenters. The smallest absolute Gasteiger partial charge is 0.309 e. The van der Waals surface area contributed by atoms with Crippen LogP contribution in [0.5, 0.6) is 0 Å². The highest BCUT2D eigenvalue weighted by Crippen LogP contribution is 2.22. The van der Waals surface area contributed by atoms with E-state index in [0.29, 0.717) is 37.4 Å². The topological polar surface area (TPSA) is 75.6 Å². The molecule has 3 rings (SSSR count). The zero-order valence-corrected chi connectivity index (χ0v) is 16.6. The van der Waals surface area contributed by atoms with Gasteiger partial charge in [-0.1, -0.05) is 12.1 Å². The van der Waals surface area contributed by atoms with Crippen molar-refractivity contribution >= 4 is 17.8 Å². The summed E-state index contributed by atoms with van der Waals surface area (Å²) >= 11 is 0. The van der Waals surface area contributed by atoms with Crippen LogP contribution < -0.4 is 4.90 Å². The minimum absolute atomic E-state index is 0.244. The molecule has 0 bridgehead atoms. The molecule has 1 aromatic heterocycles. The number of hydrogen-bond donors (Lipinski definition) is 0. The number of rotatable bonds is 6. The molecule has 1 aromatic carbocycles. The SMILES string of the molecule is CC(OC(=O)C1CCN(c2ncccn2)CC1)C(=O)N(C)Cc1cccc(F)c1. The minimum atomic E-state index is -0.892. The molecule has 8 heteroatoms. The van der Waals surface area contributed by atoms with Crippen LogP contribution in [-0.4, -0.2) is 53.0 Å². The molecule has 1 saturated heterocycles. The molecule has 2 heterocycles. The Morgan fingerprint density at radius 3 is 2.59 bits per heavy atom. The zero-order valence-electron chi connectivity index (χ0n) is 16.6. The van der Waals surface area contributed by atoms with Gasteiger partial charge in [-0.25, -0.2) is 14.4 Å². The first-order chi connectivity index (χ1) is 13.9. The van der Waals surface area contributed by atoms with Crippen molar-refractivity contribution in [3.63, 3.8) is 0 Å². The van der Waals surface area contributed by atoms with Crippen LogP contribution in [-0.2, 0) is 20.9 Å². The lowest BCUT2D eigenvalue weighted by Crippen LogP contribution is -2.41. The van der Waals surface area contributed by atoms with Crippen molar-refractivity contribution in [2.45, 2.75) is 32.4 Å². The molecule has 0 aliphatic carbocycles. The predicted octanol–water partition coefficient (Wildman–Crippen LogP) is 2.42. The molecule has 2 aromatic rings. The Kier molecular flexibility index (Phi) is 6.74. The molecule has 7 nitrogen and oxygen atoms in total. The number of ether oxygens (including phenoxy) is 1. The van der Waals surface area contributed by atoms with Gasteiger partial charge < -0.3 is 14.5 Å². The number of carbonyl (C=O) groups excluding carboxylic acids is 2. The normalized spacial score (nSPS) is 15.6. The van der Waals surface area contributed by atoms with E-state index < -0.39 is 6.10 Å². The van der Waals surface area contributed by atoms with E-state index in [1.165, 1.54) is 17.0 Å². The largest absolute Gasteiger partial charge is 0.452 e. The lowest BCUT2D eigenvalue weighted by Gasteiger charge is -2.31. The summed E-state index contributed by atoms with van der Waals surface area (Å²) in [5.41, 5.74) is 0.676. The number of carbonyl (C=O) groups is 2. The maximum absolute atomic E-state index is 13.3. The van der Waals surface area contributed by atoms with Crippen molar-refractivity contribution in [3.8, 4) is 0 Å². The lowest BCUT2D eigenvalue weighted by molar-refractivity contribution is -0.162. The second-order valence-corrected chi connectivity index (χ2v) is 7.21. The van der Waals surface area contributed by atoms with Crippen LogP contribution in [0.2, 0.25) is 0 Å². The number of amides is 1. The van der Waals surface area contributed by atoms with Crippen molar-refractivity contribution in [2.75, 3.05) is 25.0 Å². The van der Waals surface area contributed by atoms with E-state index in [-0.39, 0.29) is 30.2 Å². The zero-order chi connectivity index (χ0) is 20.8. The maximum Gasteiger partial charge on any atom is 0.309 e. The number of halogens is 1. The summed E-state index contributed by atoms with van der Waals surface area (Å²) in [6.07, 6.45) is 3.73. The highest BCUT2D eigenvalue weighted by molar-refractivity contribution is 5.84. The van der Waals surface area contributed by atoms with Crippen molar-refractivity contribution in [3.05, 3.63) is 54.1 Å². The minimum Gasteiger partial charge on any atom is -0.452 e. The molecule has 1 fully saturated rings. The van der Waals surface area contributed by atoms with Crippen LogP contribution in [0.15, 0.2) is 42.7 Å². The quantitative estimate of drug-likeness (QED) is 0.694. The first kappa shape index (κ1) is 20.7. The molecule has 0 spiro atoms. The molecule has 1 aliphatic heterocycles. The molecule has 1 amide bonds. The molecule has 0 N–H and O–H groups in total. The molecule has 1 atom stereocenters. The van der Waals surface area contributed by atoms with Gasteiger partial charge in [-0.3, -0.25) is 9.59 Å². The molecular weight excluding hydrogens is 375 g/mol. The van der Waals surface area contributed by atoms with Gasteiger partial charge in [-0.05, 0) is 43.5 Å². The van der Waals surface area contributed by atoms with E-state index in [1.807, 2.05) is 4.90 Å². The molecule has 1 aliphatic rings. The number of hydrogen-bond acceptors (Lipinski definition) is 6. The fraction of sp³-hybridized carbons (Fsp3) is 0.429. The van der Waals surface area contributed by atoms with E-state index in [1.54, 1.807) is 44.6 Å². The Bertz CT molecular complexity index is 841. The highest BCUT2D eigenvalue weighted by atomic mass is 19.1. The van der Waals surface area contributed by atoms with Crippen LogP contribution in [0.4, 0.5) is 10.3 Å². The lowest BCUT2D eigenvalue weighted by atomic mass is 9.97. The summed E-state index contributed by atoms with van der Waals surface area (Å²) in [7, 11) is 1.61. The summed E-state index contributed by atoms with van der Waals surface area (Å²) < 4.78 is 18.7. The van der Waals surface area contributed by atoms with Gasteiger partial charge >= 0.3 is 5.97 Å². The van der Waals surface area contributed by atoms with Gasteiger partial charge in [0.25, 0.3) is 5.91 Å². The number of piperidine rings is 1. The second kappa shape index (κ2) is 9.45. The Morgan fingerprint density at radius 1 is 1.24 bits per heavy atom. The summed E-state index contributed by atoms with van der Waals surface area (Å²) in [4.78, 5) is 36.9. The third-order valence-electron chi connectivity index (χ3n) is 4.99. The van der Waals surface area contributed by atoms with E-state index in [9.17, 15) is 14.0 Å². The third-order valence-corrected chi connectivity index (χ3v) is 4.99. The number of nitrogens with zero attached hydrogens (tertiary/aromatic N) is 4. The number of benzene rings is 1. The van der Waals surface area contributed by atoms with Crippen molar-refractivity contribution in [1.29, 1.82) is 0 Å². The van der Waals surface area contributed by atoms with Crippen molar-refractivity contribution < 1.29 is 18.7 Å². The van der Waals surface area contributed by atoms with Gasteiger partial charge in [0.05, 0.1) is 5.92 Å². The maximum atomic E-state index is 13.3. The van der Waals surface area contributed by atoms with Gasteiger partial charge in [0, 0.05) is 39.1 Å². The predicted molar refractivity (Wildman–Crippen MR) is 105 cm³/mol. The van der Waals surface area contributed by atoms with Crippen molar-refractivity contribution in [1.82, 2.24) is 14.9 Å². The molecular formula is C21H25FN4O3. The van der Waals surface area contributed by atoms with Crippen LogP contribution in [0, 0.1) is 11.7 Å². The van der Waals surface area contributed by atoms with Crippen LogP contribution >= 0.6 is 0 Å². The van der Waals surface area contributed by atoms with E-state index in [4.69, 9.17) is 4.74 Å². The van der Waals surface area contributed by atoms with Gasteiger partial charge in [0.2, 0.25) is 5.95 Å². The second-order valence-electron chi connectivity index (χ2n) is 7.21. The molecule has 0 radical (unpaired) electrons. The Balaban J connectivity index is 1.48. The standard InChI is InChI=1S/C21H25FN4O3/c1-15(19(27)25(2)14-16-5-3-6-18(22)13-16)29-20(28)17-7-11-26(12-8-17)21-23-9-4-10-24-21/h3-6,9-10,13,15,17H,7-8,11-12,14H2,1-2H3. The molecule has 29 heavy (non-hydrogen) atoms. The summed E-state index contributed by atoms with van der Waals surface area (Å²) in [5.74, 6) is -0.632. The third kappa shape index (κ3) is 5.49.